The number of nitrogens with zero attached hydrogens (tertiary/aromatic N) is 3. The number of anilines is 2. The van der Waals surface area contributed by atoms with Gasteiger partial charge in [-0.1, -0.05) is 20.8 Å². The maximum absolute atomic E-state index is 6.08. The van der Waals surface area contributed by atoms with Crippen LogP contribution in [0.2, 0.25) is 0 Å². The van der Waals surface area contributed by atoms with Gasteiger partial charge in [-0.05, 0) is 19.8 Å². The van der Waals surface area contributed by atoms with Crippen LogP contribution in [0.15, 0.2) is 0 Å². The molecule has 1 aromatic heterocycles. The third-order valence-corrected chi connectivity index (χ3v) is 3.90. The van der Waals surface area contributed by atoms with E-state index in [2.05, 4.69) is 30.7 Å². The highest BCUT2D eigenvalue weighted by atomic mass is 16.5. The number of piperidine rings is 1. The largest absolute Gasteiger partial charge is 0.383 e. The molecule has 0 unspecified atom stereocenters. The van der Waals surface area contributed by atoms with E-state index >= 15 is 0 Å². The molecule has 5 heteroatoms. The first kappa shape index (κ1) is 15.0. The van der Waals surface area contributed by atoms with E-state index in [1.54, 1.807) is 7.11 Å². The predicted octanol–water partition coefficient (Wildman–Crippen LogP) is 2.28. The molecule has 1 fully saturated rings. The van der Waals surface area contributed by atoms with Crippen molar-refractivity contribution in [2.45, 2.75) is 52.1 Å². The van der Waals surface area contributed by atoms with Gasteiger partial charge in [-0.25, -0.2) is 9.97 Å². The Kier molecular flexibility index (Phi) is 4.18. The second kappa shape index (κ2) is 5.56. The van der Waals surface area contributed by atoms with Crippen LogP contribution in [0, 0.1) is 6.92 Å². The van der Waals surface area contributed by atoms with E-state index < -0.39 is 0 Å². The fourth-order valence-corrected chi connectivity index (χ4v) is 2.47. The van der Waals surface area contributed by atoms with E-state index in [-0.39, 0.29) is 5.41 Å². The number of rotatable bonds is 2. The molecule has 1 aliphatic heterocycles. The Hall–Kier alpha value is -1.36. The molecule has 2 N–H and O–H groups in total. The Bertz CT molecular complexity index is 473. The van der Waals surface area contributed by atoms with Crippen LogP contribution in [-0.2, 0) is 10.2 Å². The van der Waals surface area contributed by atoms with Crippen molar-refractivity contribution < 1.29 is 4.74 Å². The molecule has 0 radical (unpaired) electrons. The van der Waals surface area contributed by atoms with Gasteiger partial charge in [0.2, 0.25) is 0 Å². The van der Waals surface area contributed by atoms with Crippen LogP contribution in [0.1, 0.15) is 45.0 Å². The molecule has 0 atom stereocenters. The monoisotopic (exact) mass is 278 g/mol. The van der Waals surface area contributed by atoms with Crippen LogP contribution in [0.25, 0.3) is 0 Å². The van der Waals surface area contributed by atoms with Crippen molar-refractivity contribution >= 4 is 11.6 Å². The third kappa shape index (κ3) is 3.03. The molecule has 1 aliphatic rings. The van der Waals surface area contributed by atoms with Crippen molar-refractivity contribution in [1.29, 1.82) is 0 Å². The molecule has 0 aliphatic carbocycles. The molecule has 0 bridgehead atoms. The summed E-state index contributed by atoms with van der Waals surface area (Å²) < 4.78 is 5.42. The molecular formula is C15H26N4O. The van der Waals surface area contributed by atoms with Crippen molar-refractivity contribution in [3.05, 3.63) is 11.4 Å². The molecule has 0 aromatic carbocycles. The van der Waals surface area contributed by atoms with Crippen LogP contribution < -0.4 is 10.6 Å². The average molecular weight is 278 g/mol. The zero-order valence-corrected chi connectivity index (χ0v) is 13.2. The highest BCUT2D eigenvalue weighted by Gasteiger charge is 2.25. The van der Waals surface area contributed by atoms with Crippen LogP contribution in [0.5, 0.6) is 0 Å². The molecule has 2 rings (SSSR count). The molecule has 0 spiro atoms. The van der Waals surface area contributed by atoms with Gasteiger partial charge in [0.05, 0.1) is 6.10 Å². The fourth-order valence-electron chi connectivity index (χ4n) is 2.47. The summed E-state index contributed by atoms with van der Waals surface area (Å²) in [6.45, 7) is 10.2. The molecule has 1 saturated heterocycles. The summed E-state index contributed by atoms with van der Waals surface area (Å²) in [5, 5.41) is 0. The topological polar surface area (TPSA) is 64.3 Å². The number of nitrogen functional groups attached to an aromatic ring is 1. The maximum atomic E-state index is 6.08. The number of aromatic nitrogens is 2. The van der Waals surface area contributed by atoms with E-state index in [0.717, 1.165) is 43.1 Å². The average Bonchev–Trinajstić information content (AvgIpc) is 2.40. The number of hydrogen-bond donors (Lipinski definition) is 1. The van der Waals surface area contributed by atoms with Gasteiger partial charge in [-0.2, -0.15) is 0 Å². The fraction of sp³-hybridized carbons (Fsp3) is 0.733. The van der Waals surface area contributed by atoms with Crippen molar-refractivity contribution in [1.82, 2.24) is 9.97 Å². The van der Waals surface area contributed by atoms with Gasteiger partial charge in [-0.3, -0.25) is 0 Å². The zero-order chi connectivity index (χ0) is 14.9. The molecule has 20 heavy (non-hydrogen) atoms. The zero-order valence-electron chi connectivity index (χ0n) is 13.2. The lowest BCUT2D eigenvalue weighted by molar-refractivity contribution is 0.0817. The molecule has 5 nitrogen and oxygen atoms in total. The summed E-state index contributed by atoms with van der Waals surface area (Å²) in [6, 6.07) is 0. The summed E-state index contributed by atoms with van der Waals surface area (Å²) >= 11 is 0. The summed E-state index contributed by atoms with van der Waals surface area (Å²) in [5.74, 6) is 2.38. The van der Waals surface area contributed by atoms with E-state index in [1.807, 2.05) is 6.92 Å². The number of hydrogen-bond acceptors (Lipinski definition) is 5. The van der Waals surface area contributed by atoms with Gasteiger partial charge in [0.25, 0.3) is 0 Å². The highest BCUT2D eigenvalue weighted by Crippen LogP contribution is 2.29. The van der Waals surface area contributed by atoms with Gasteiger partial charge in [0.15, 0.2) is 0 Å². The van der Waals surface area contributed by atoms with Crippen LogP contribution in [0.4, 0.5) is 11.6 Å². The summed E-state index contributed by atoms with van der Waals surface area (Å²) in [7, 11) is 1.78. The second-order valence-corrected chi connectivity index (χ2v) is 6.55. The quantitative estimate of drug-likeness (QED) is 0.899. The van der Waals surface area contributed by atoms with Crippen LogP contribution in [0.3, 0.4) is 0 Å². The van der Waals surface area contributed by atoms with E-state index in [4.69, 9.17) is 15.5 Å². The minimum atomic E-state index is -0.0958. The third-order valence-electron chi connectivity index (χ3n) is 3.90. The standard InChI is InChI=1S/C15H26N4O/c1-10-12(16)17-14(15(2,3)4)18-13(10)19-8-6-11(20-5)7-9-19/h11H,6-9H2,1-5H3,(H2,16,17,18). The Morgan fingerprint density at radius 2 is 1.80 bits per heavy atom. The van der Waals surface area contributed by atoms with Crippen molar-refractivity contribution in [3.8, 4) is 0 Å². The van der Waals surface area contributed by atoms with Gasteiger partial charge in [-0.15, -0.1) is 0 Å². The van der Waals surface area contributed by atoms with Crippen molar-refractivity contribution in [2.75, 3.05) is 30.8 Å². The molecular weight excluding hydrogens is 252 g/mol. The Labute approximate surface area is 121 Å². The molecule has 0 saturated carbocycles. The number of nitrogens with two attached hydrogens (primary N) is 1. The lowest BCUT2D eigenvalue weighted by Crippen LogP contribution is -2.38. The van der Waals surface area contributed by atoms with E-state index in [1.165, 1.54) is 0 Å². The lowest BCUT2D eigenvalue weighted by atomic mass is 9.95. The molecule has 112 valence electrons. The predicted molar refractivity (Wildman–Crippen MR) is 82.1 cm³/mol. The van der Waals surface area contributed by atoms with Crippen molar-refractivity contribution in [2.24, 2.45) is 0 Å². The van der Waals surface area contributed by atoms with E-state index in [9.17, 15) is 0 Å². The van der Waals surface area contributed by atoms with Crippen LogP contribution in [-0.4, -0.2) is 36.3 Å². The molecule has 2 heterocycles. The normalized spacial score (nSPS) is 17.6. The second-order valence-electron chi connectivity index (χ2n) is 6.55. The van der Waals surface area contributed by atoms with Gasteiger partial charge < -0.3 is 15.4 Å². The summed E-state index contributed by atoms with van der Waals surface area (Å²) in [5.41, 5.74) is 6.96. The lowest BCUT2D eigenvalue weighted by Gasteiger charge is -2.33. The van der Waals surface area contributed by atoms with Gasteiger partial charge in [0, 0.05) is 31.2 Å². The van der Waals surface area contributed by atoms with Gasteiger partial charge >= 0.3 is 0 Å². The Morgan fingerprint density at radius 1 is 1.20 bits per heavy atom. The highest BCUT2D eigenvalue weighted by molar-refractivity contribution is 5.57. The smallest absolute Gasteiger partial charge is 0.138 e. The first-order valence-corrected chi connectivity index (χ1v) is 7.25. The minimum absolute atomic E-state index is 0.0958. The SMILES string of the molecule is COC1CCN(c2nc(C(C)(C)C)nc(N)c2C)CC1. The van der Waals surface area contributed by atoms with Crippen molar-refractivity contribution in [3.63, 3.8) is 0 Å². The number of methoxy groups -OCH3 is 1. The van der Waals surface area contributed by atoms with E-state index in [0.29, 0.717) is 11.9 Å². The number of ether oxygens (including phenoxy) is 1. The first-order chi connectivity index (χ1) is 9.32. The maximum Gasteiger partial charge on any atom is 0.138 e. The van der Waals surface area contributed by atoms with Crippen LogP contribution >= 0.6 is 0 Å². The summed E-state index contributed by atoms with van der Waals surface area (Å²) in [4.78, 5) is 11.5. The Morgan fingerprint density at radius 3 is 2.30 bits per heavy atom. The minimum Gasteiger partial charge on any atom is -0.383 e. The summed E-state index contributed by atoms with van der Waals surface area (Å²) in [6.07, 6.45) is 2.43. The van der Waals surface area contributed by atoms with Gasteiger partial charge in [0.1, 0.15) is 17.5 Å². The first-order valence-electron chi connectivity index (χ1n) is 7.25. The molecule has 0 amide bonds. The molecule has 1 aromatic rings. The Balaban J connectivity index is 2.29.